The third-order valence-corrected chi connectivity index (χ3v) is 2.53. The quantitative estimate of drug-likeness (QED) is 0.694. The second-order valence-electron chi connectivity index (χ2n) is 3.57. The lowest BCUT2D eigenvalue weighted by molar-refractivity contribution is -0.122. The second kappa shape index (κ2) is 3.38. The number of para-hydroxylation sites is 2. The van der Waals surface area contributed by atoms with Crippen molar-refractivity contribution in [2.24, 2.45) is 0 Å². The highest BCUT2D eigenvalue weighted by atomic mass is 16.2. The molecule has 2 amide bonds. The zero-order chi connectivity index (χ0) is 11.0. The summed E-state index contributed by atoms with van der Waals surface area (Å²) in [5.41, 5.74) is 1.45. The lowest BCUT2D eigenvalue weighted by Gasteiger charge is -2.33. The molecule has 4 heteroatoms. The molecule has 78 valence electrons. The van der Waals surface area contributed by atoms with Gasteiger partial charge in [-0.2, -0.15) is 0 Å². The van der Waals surface area contributed by atoms with Gasteiger partial charge >= 0.3 is 0 Å². The topological polar surface area (TPSA) is 49.4 Å². The van der Waals surface area contributed by atoms with Gasteiger partial charge < -0.3 is 5.32 Å². The van der Waals surface area contributed by atoms with Gasteiger partial charge in [-0.15, -0.1) is 0 Å². The van der Waals surface area contributed by atoms with Crippen LogP contribution in [0.25, 0.3) is 0 Å². The number of fused-ring (bicyclic) bond motifs is 1. The van der Waals surface area contributed by atoms with Crippen LogP contribution in [0.2, 0.25) is 0 Å². The number of benzene rings is 1. The van der Waals surface area contributed by atoms with E-state index in [4.69, 9.17) is 0 Å². The van der Waals surface area contributed by atoms with Crippen molar-refractivity contribution in [1.82, 2.24) is 0 Å². The second-order valence-corrected chi connectivity index (χ2v) is 3.57. The average molecular weight is 204 g/mol. The minimum Gasteiger partial charge on any atom is -0.322 e. The number of anilines is 2. The summed E-state index contributed by atoms with van der Waals surface area (Å²) >= 11 is 0. The standard InChI is InChI=1S/C11H12N2O2/c1-7-11(15)12-9-5-3-4-6-10(9)13(7)8(2)14/h3-7H,1-2H3,(H,12,15). The summed E-state index contributed by atoms with van der Waals surface area (Å²) in [5.74, 6) is -0.270. The van der Waals surface area contributed by atoms with Crippen LogP contribution in [0.5, 0.6) is 0 Å². The molecule has 0 fully saturated rings. The van der Waals surface area contributed by atoms with Crippen molar-refractivity contribution in [3.05, 3.63) is 24.3 Å². The highest BCUT2D eigenvalue weighted by Crippen LogP contribution is 2.31. The Hall–Kier alpha value is -1.84. The first-order chi connectivity index (χ1) is 7.11. The van der Waals surface area contributed by atoms with E-state index in [9.17, 15) is 9.59 Å². The molecule has 0 bridgehead atoms. The van der Waals surface area contributed by atoms with E-state index in [1.807, 2.05) is 18.2 Å². The summed E-state index contributed by atoms with van der Waals surface area (Å²) in [6.07, 6.45) is 0. The monoisotopic (exact) mass is 204 g/mol. The summed E-state index contributed by atoms with van der Waals surface area (Å²) in [6.45, 7) is 3.18. The van der Waals surface area contributed by atoms with E-state index in [1.54, 1.807) is 13.0 Å². The molecule has 1 N–H and O–H groups in total. The molecule has 0 spiro atoms. The van der Waals surface area contributed by atoms with Crippen LogP contribution in [0.4, 0.5) is 11.4 Å². The predicted octanol–water partition coefficient (Wildman–Crippen LogP) is 1.38. The number of nitrogens with one attached hydrogen (secondary N) is 1. The lowest BCUT2D eigenvalue weighted by atomic mass is 10.1. The van der Waals surface area contributed by atoms with Crippen LogP contribution >= 0.6 is 0 Å². The van der Waals surface area contributed by atoms with Crippen LogP contribution in [0.15, 0.2) is 24.3 Å². The van der Waals surface area contributed by atoms with Gasteiger partial charge in [-0.3, -0.25) is 14.5 Å². The van der Waals surface area contributed by atoms with Crippen molar-refractivity contribution in [1.29, 1.82) is 0 Å². The molecular formula is C11H12N2O2. The van der Waals surface area contributed by atoms with E-state index in [0.717, 1.165) is 5.69 Å². The minimum absolute atomic E-state index is 0.121. The van der Waals surface area contributed by atoms with Crippen LogP contribution in [0.3, 0.4) is 0 Å². The van der Waals surface area contributed by atoms with Gasteiger partial charge in [-0.1, -0.05) is 12.1 Å². The molecule has 0 aliphatic carbocycles. The maximum absolute atomic E-state index is 11.6. The first-order valence-electron chi connectivity index (χ1n) is 4.81. The van der Waals surface area contributed by atoms with Crippen LogP contribution in [0.1, 0.15) is 13.8 Å². The fourth-order valence-corrected chi connectivity index (χ4v) is 1.79. The molecule has 0 radical (unpaired) electrons. The number of nitrogens with zero attached hydrogens (tertiary/aromatic N) is 1. The molecule has 0 saturated heterocycles. The van der Waals surface area contributed by atoms with E-state index < -0.39 is 6.04 Å². The molecule has 1 aromatic carbocycles. The zero-order valence-electron chi connectivity index (χ0n) is 8.65. The van der Waals surface area contributed by atoms with Crippen LogP contribution < -0.4 is 10.2 Å². The molecule has 2 rings (SSSR count). The van der Waals surface area contributed by atoms with Crippen molar-refractivity contribution in [3.63, 3.8) is 0 Å². The first kappa shape index (κ1) is 9.71. The van der Waals surface area contributed by atoms with Crippen molar-refractivity contribution in [2.75, 3.05) is 10.2 Å². The fourth-order valence-electron chi connectivity index (χ4n) is 1.79. The van der Waals surface area contributed by atoms with Crippen molar-refractivity contribution < 1.29 is 9.59 Å². The largest absolute Gasteiger partial charge is 0.322 e. The van der Waals surface area contributed by atoms with Crippen molar-refractivity contribution in [2.45, 2.75) is 19.9 Å². The molecule has 15 heavy (non-hydrogen) atoms. The molecule has 1 atom stereocenters. The zero-order valence-corrected chi connectivity index (χ0v) is 8.65. The Bertz CT molecular complexity index is 428. The normalized spacial score (nSPS) is 19.5. The van der Waals surface area contributed by atoms with Gasteiger partial charge in [0.15, 0.2) is 0 Å². The molecule has 1 aliphatic rings. The van der Waals surface area contributed by atoms with Gasteiger partial charge in [0.1, 0.15) is 6.04 Å². The van der Waals surface area contributed by atoms with Gasteiger partial charge in [0.2, 0.25) is 11.8 Å². The van der Waals surface area contributed by atoms with Gasteiger partial charge in [0.25, 0.3) is 0 Å². The Labute approximate surface area is 87.9 Å². The molecule has 4 nitrogen and oxygen atoms in total. The Morgan fingerprint density at radius 3 is 2.73 bits per heavy atom. The molecule has 0 aromatic heterocycles. The first-order valence-corrected chi connectivity index (χ1v) is 4.81. The molecule has 1 unspecified atom stereocenters. The van der Waals surface area contributed by atoms with Crippen LogP contribution in [-0.2, 0) is 9.59 Å². The fraction of sp³-hybridized carbons (Fsp3) is 0.273. The van der Waals surface area contributed by atoms with E-state index in [0.29, 0.717) is 5.69 Å². The summed E-state index contributed by atoms with van der Waals surface area (Å²) in [5, 5.41) is 2.76. The minimum atomic E-state index is -0.447. The molecule has 0 saturated carbocycles. The van der Waals surface area contributed by atoms with Gasteiger partial charge in [0, 0.05) is 6.92 Å². The average Bonchev–Trinajstić information content (AvgIpc) is 2.19. The number of hydrogen-bond donors (Lipinski definition) is 1. The maximum atomic E-state index is 11.6. The number of hydrogen-bond acceptors (Lipinski definition) is 2. The Balaban J connectivity index is 2.54. The Kier molecular flexibility index (Phi) is 2.19. The molecular weight excluding hydrogens is 192 g/mol. The predicted molar refractivity (Wildman–Crippen MR) is 57.7 cm³/mol. The van der Waals surface area contributed by atoms with Crippen molar-refractivity contribution >= 4 is 23.2 Å². The SMILES string of the molecule is CC(=O)N1c2ccccc2NC(=O)C1C. The van der Waals surface area contributed by atoms with E-state index in [2.05, 4.69) is 5.32 Å². The number of carbonyl (C=O) groups excluding carboxylic acids is 2. The van der Waals surface area contributed by atoms with Gasteiger partial charge in [-0.05, 0) is 19.1 Å². The lowest BCUT2D eigenvalue weighted by Crippen LogP contribution is -2.48. The third-order valence-electron chi connectivity index (χ3n) is 2.53. The van der Waals surface area contributed by atoms with Gasteiger partial charge in [0.05, 0.1) is 11.4 Å². The van der Waals surface area contributed by atoms with Crippen LogP contribution in [0, 0.1) is 0 Å². The van der Waals surface area contributed by atoms with E-state index in [-0.39, 0.29) is 11.8 Å². The summed E-state index contributed by atoms with van der Waals surface area (Å²) < 4.78 is 0. The number of carbonyl (C=O) groups is 2. The number of rotatable bonds is 0. The highest BCUT2D eigenvalue weighted by Gasteiger charge is 2.31. The highest BCUT2D eigenvalue weighted by molar-refractivity contribution is 6.11. The summed E-state index contributed by atoms with van der Waals surface area (Å²) in [7, 11) is 0. The summed E-state index contributed by atoms with van der Waals surface area (Å²) in [4.78, 5) is 24.5. The van der Waals surface area contributed by atoms with Gasteiger partial charge in [-0.25, -0.2) is 0 Å². The van der Waals surface area contributed by atoms with Crippen molar-refractivity contribution in [3.8, 4) is 0 Å². The maximum Gasteiger partial charge on any atom is 0.247 e. The summed E-state index contributed by atoms with van der Waals surface area (Å²) in [6, 6.07) is 6.84. The molecule has 1 heterocycles. The smallest absolute Gasteiger partial charge is 0.247 e. The molecule has 1 aliphatic heterocycles. The van der Waals surface area contributed by atoms with E-state index >= 15 is 0 Å². The third kappa shape index (κ3) is 1.48. The Morgan fingerprint density at radius 1 is 1.40 bits per heavy atom. The molecule has 1 aromatic rings. The van der Waals surface area contributed by atoms with Crippen LogP contribution in [-0.4, -0.2) is 17.9 Å². The number of amides is 2. The van der Waals surface area contributed by atoms with E-state index in [1.165, 1.54) is 11.8 Å². The Morgan fingerprint density at radius 2 is 2.07 bits per heavy atom.